The van der Waals surface area contributed by atoms with E-state index < -0.39 is 0 Å². The zero-order chi connectivity index (χ0) is 12.5. The Labute approximate surface area is 102 Å². The lowest BCUT2D eigenvalue weighted by molar-refractivity contribution is 0.0433. The molecular formula is C12H21N3O2. The van der Waals surface area contributed by atoms with E-state index >= 15 is 0 Å². The molecule has 17 heavy (non-hydrogen) atoms. The summed E-state index contributed by atoms with van der Waals surface area (Å²) in [5, 5.41) is 3.99. The fourth-order valence-corrected chi connectivity index (χ4v) is 1.93. The molecule has 1 aromatic rings. The van der Waals surface area contributed by atoms with Crippen LogP contribution in [-0.4, -0.2) is 23.4 Å². The first kappa shape index (κ1) is 12.5. The number of hydrogen-bond acceptors (Lipinski definition) is 5. The molecule has 0 radical (unpaired) electrons. The zero-order valence-corrected chi connectivity index (χ0v) is 10.8. The minimum Gasteiger partial charge on any atom is -0.381 e. The lowest BCUT2D eigenvalue weighted by Gasteiger charge is -2.25. The van der Waals surface area contributed by atoms with Gasteiger partial charge in [0.05, 0.1) is 12.6 Å². The molecule has 2 unspecified atom stereocenters. The number of nitrogens with zero attached hydrogens (tertiary/aromatic N) is 2. The molecule has 1 fully saturated rings. The summed E-state index contributed by atoms with van der Waals surface area (Å²) >= 11 is 0. The highest BCUT2D eigenvalue weighted by Gasteiger charge is 2.28. The highest BCUT2D eigenvalue weighted by atomic mass is 16.5. The zero-order valence-electron chi connectivity index (χ0n) is 10.8. The Morgan fingerprint density at radius 1 is 1.41 bits per heavy atom. The Balaban J connectivity index is 2.08. The van der Waals surface area contributed by atoms with Crippen LogP contribution in [0.3, 0.4) is 0 Å². The molecule has 2 N–H and O–H groups in total. The van der Waals surface area contributed by atoms with E-state index in [4.69, 9.17) is 15.0 Å². The first-order valence-corrected chi connectivity index (χ1v) is 6.16. The lowest BCUT2D eigenvalue weighted by Crippen LogP contribution is -2.29. The van der Waals surface area contributed by atoms with Crippen molar-refractivity contribution in [1.82, 2.24) is 10.1 Å². The van der Waals surface area contributed by atoms with Gasteiger partial charge in [-0.25, -0.2) is 0 Å². The second kappa shape index (κ2) is 4.74. The Bertz CT molecular complexity index is 364. The van der Waals surface area contributed by atoms with Crippen LogP contribution in [0.1, 0.15) is 51.4 Å². The van der Waals surface area contributed by atoms with Gasteiger partial charge in [0.2, 0.25) is 5.89 Å². The molecule has 0 aliphatic carbocycles. The minimum absolute atomic E-state index is 0.131. The van der Waals surface area contributed by atoms with Crippen LogP contribution in [0.5, 0.6) is 0 Å². The van der Waals surface area contributed by atoms with Crippen molar-refractivity contribution in [2.24, 2.45) is 11.7 Å². The average molecular weight is 239 g/mol. The first-order chi connectivity index (χ1) is 7.98. The molecule has 5 heteroatoms. The van der Waals surface area contributed by atoms with Gasteiger partial charge in [0.1, 0.15) is 0 Å². The molecule has 5 nitrogen and oxygen atoms in total. The van der Waals surface area contributed by atoms with Crippen LogP contribution in [0, 0.1) is 5.92 Å². The normalized spacial score (nSPS) is 23.6. The summed E-state index contributed by atoms with van der Waals surface area (Å²) in [5.74, 6) is 1.54. The quantitative estimate of drug-likeness (QED) is 0.851. The summed E-state index contributed by atoms with van der Waals surface area (Å²) in [7, 11) is 0. The number of ether oxygens (including phenoxy) is 1. The van der Waals surface area contributed by atoms with E-state index in [1.807, 2.05) is 20.8 Å². The van der Waals surface area contributed by atoms with Gasteiger partial charge in [-0.1, -0.05) is 25.9 Å². The van der Waals surface area contributed by atoms with Gasteiger partial charge in [-0.05, 0) is 12.8 Å². The summed E-state index contributed by atoms with van der Waals surface area (Å²) in [4.78, 5) is 4.40. The van der Waals surface area contributed by atoms with Crippen LogP contribution in [0.4, 0.5) is 0 Å². The molecule has 96 valence electrons. The van der Waals surface area contributed by atoms with Crippen LogP contribution < -0.4 is 5.73 Å². The van der Waals surface area contributed by atoms with Crippen molar-refractivity contribution >= 4 is 0 Å². The van der Waals surface area contributed by atoms with E-state index in [0.717, 1.165) is 19.4 Å². The number of nitrogens with two attached hydrogens (primary N) is 1. The summed E-state index contributed by atoms with van der Waals surface area (Å²) in [6.45, 7) is 7.65. The molecule has 0 spiro atoms. The highest BCUT2D eigenvalue weighted by Crippen LogP contribution is 2.27. The summed E-state index contributed by atoms with van der Waals surface area (Å²) in [6, 6.07) is -0.185. The second-order valence-corrected chi connectivity index (χ2v) is 5.71. The topological polar surface area (TPSA) is 74.2 Å². The second-order valence-electron chi connectivity index (χ2n) is 5.71. The maximum atomic E-state index is 6.16. The van der Waals surface area contributed by atoms with E-state index in [1.165, 1.54) is 0 Å². The summed E-state index contributed by atoms with van der Waals surface area (Å²) < 4.78 is 10.7. The Hall–Kier alpha value is -0.940. The van der Waals surface area contributed by atoms with E-state index in [0.29, 0.717) is 24.2 Å². The van der Waals surface area contributed by atoms with E-state index in [-0.39, 0.29) is 11.5 Å². The third-order valence-corrected chi connectivity index (χ3v) is 3.08. The minimum atomic E-state index is -0.185. The van der Waals surface area contributed by atoms with Gasteiger partial charge in [0, 0.05) is 17.9 Å². The Morgan fingerprint density at radius 3 is 2.71 bits per heavy atom. The molecule has 1 aliphatic heterocycles. The smallest absolute Gasteiger partial charge is 0.232 e. The van der Waals surface area contributed by atoms with Gasteiger partial charge < -0.3 is 15.0 Å². The molecule has 0 amide bonds. The Kier molecular flexibility index (Phi) is 3.49. The molecule has 1 aliphatic rings. The van der Waals surface area contributed by atoms with Crippen LogP contribution in [-0.2, 0) is 10.2 Å². The van der Waals surface area contributed by atoms with Gasteiger partial charge in [-0.15, -0.1) is 0 Å². The largest absolute Gasteiger partial charge is 0.381 e. The van der Waals surface area contributed by atoms with Gasteiger partial charge in [-0.3, -0.25) is 0 Å². The third-order valence-electron chi connectivity index (χ3n) is 3.08. The average Bonchev–Trinajstić information content (AvgIpc) is 2.78. The molecule has 2 heterocycles. The summed E-state index contributed by atoms with van der Waals surface area (Å²) in [6.07, 6.45) is 2.13. The maximum Gasteiger partial charge on any atom is 0.232 e. The van der Waals surface area contributed by atoms with Crippen molar-refractivity contribution in [3.05, 3.63) is 11.7 Å². The predicted molar refractivity (Wildman–Crippen MR) is 63.5 cm³/mol. The lowest BCUT2D eigenvalue weighted by atomic mass is 9.93. The van der Waals surface area contributed by atoms with Crippen molar-refractivity contribution in [3.63, 3.8) is 0 Å². The molecule has 0 saturated carbocycles. The SMILES string of the molecule is CC(C)(C)c1nc(C(N)C2CCCOC2)no1. The molecule has 2 atom stereocenters. The third kappa shape index (κ3) is 2.84. The first-order valence-electron chi connectivity index (χ1n) is 6.16. The number of hydrogen-bond donors (Lipinski definition) is 1. The monoisotopic (exact) mass is 239 g/mol. The van der Waals surface area contributed by atoms with Gasteiger partial charge in [-0.2, -0.15) is 4.98 Å². The van der Waals surface area contributed by atoms with Crippen molar-refractivity contribution in [3.8, 4) is 0 Å². The fraction of sp³-hybridized carbons (Fsp3) is 0.833. The molecule has 1 aromatic heterocycles. The van der Waals surface area contributed by atoms with Gasteiger partial charge >= 0.3 is 0 Å². The molecular weight excluding hydrogens is 218 g/mol. The van der Waals surface area contributed by atoms with Crippen LogP contribution in [0.2, 0.25) is 0 Å². The van der Waals surface area contributed by atoms with Crippen molar-refractivity contribution < 1.29 is 9.26 Å². The van der Waals surface area contributed by atoms with Crippen molar-refractivity contribution in [2.45, 2.75) is 45.1 Å². The molecule has 0 aromatic carbocycles. The number of aromatic nitrogens is 2. The molecule has 2 rings (SSSR count). The maximum absolute atomic E-state index is 6.16. The number of rotatable bonds is 2. The standard InChI is InChI=1S/C12H21N3O2/c1-12(2,3)11-14-10(15-17-11)9(13)8-5-4-6-16-7-8/h8-9H,4-7,13H2,1-3H3. The highest BCUT2D eigenvalue weighted by molar-refractivity contribution is 5.02. The van der Waals surface area contributed by atoms with E-state index in [2.05, 4.69) is 10.1 Å². The Morgan fingerprint density at radius 2 is 2.18 bits per heavy atom. The van der Waals surface area contributed by atoms with E-state index in [9.17, 15) is 0 Å². The van der Waals surface area contributed by atoms with Crippen LogP contribution in [0.15, 0.2) is 4.52 Å². The molecule has 1 saturated heterocycles. The van der Waals surface area contributed by atoms with Gasteiger partial charge in [0.15, 0.2) is 5.82 Å². The molecule has 0 bridgehead atoms. The van der Waals surface area contributed by atoms with Crippen LogP contribution in [0.25, 0.3) is 0 Å². The fourth-order valence-electron chi connectivity index (χ4n) is 1.93. The van der Waals surface area contributed by atoms with Crippen molar-refractivity contribution in [2.75, 3.05) is 13.2 Å². The van der Waals surface area contributed by atoms with Gasteiger partial charge in [0.25, 0.3) is 0 Å². The van der Waals surface area contributed by atoms with Crippen molar-refractivity contribution in [1.29, 1.82) is 0 Å². The predicted octanol–water partition coefficient (Wildman–Crippen LogP) is 1.79. The van der Waals surface area contributed by atoms with Crippen LogP contribution >= 0.6 is 0 Å². The van der Waals surface area contributed by atoms with E-state index in [1.54, 1.807) is 0 Å². The summed E-state index contributed by atoms with van der Waals surface area (Å²) in [5.41, 5.74) is 6.03.